The molecule has 0 aromatic rings. The molecule has 1 aliphatic heterocycles. The van der Waals surface area contributed by atoms with Gasteiger partial charge < -0.3 is 10.8 Å². The second-order valence-electron chi connectivity index (χ2n) is 5.52. The summed E-state index contributed by atoms with van der Waals surface area (Å²) in [5.74, 6) is 0. The van der Waals surface area contributed by atoms with Gasteiger partial charge in [-0.2, -0.15) is 0 Å². The van der Waals surface area contributed by atoms with E-state index in [2.05, 4.69) is 9.80 Å². The summed E-state index contributed by atoms with van der Waals surface area (Å²) in [7, 11) is 0. The van der Waals surface area contributed by atoms with Crippen molar-refractivity contribution in [2.45, 2.75) is 44.2 Å². The predicted octanol–water partition coefficient (Wildman–Crippen LogP) is 0.256. The summed E-state index contributed by atoms with van der Waals surface area (Å²) >= 11 is 0. The van der Waals surface area contributed by atoms with Crippen LogP contribution in [-0.4, -0.2) is 66.3 Å². The largest absolute Gasteiger partial charge is 0.390 e. The topological polar surface area (TPSA) is 52.7 Å². The van der Waals surface area contributed by atoms with Crippen LogP contribution in [-0.2, 0) is 0 Å². The number of nitrogens with zero attached hydrogens (tertiary/aromatic N) is 2. The molecule has 1 saturated carbocycles. The van der Waals surface area contributed by atoms with Crippen molar-refractivity contribution >= 4 is 0 Å². The summed E-state index contributed by atoms with van der Waals surface area (Å²) in [6.45, 7) is 5.64. The van der Waals surface area contributed by atoms with Gasteiger partial charge in [-0.1, -0.05) is 19.3 Å². The third-order valence-corrected chi connectivity index (χ3v) is 4.24. The van der Waals surface area contributed by atoms with Gasteiger partial charge in [-0.25, -0.2) is 0 Å². The average molecular weight is 241 g/mol. The molecule has 17 heavy (non-hydrogen) atoms. The van der Waals surface area contributed by atoms with Gasteiger partial charge >= 0.3 is 0 Å². The van der Waals surface area contributed by atoms with Gasteiger partial charge in [0.05, 0.1) is 6.10 Å². The zero-order chi connectivity index (χ0) is 12.1. The van der Waals surface area contributed by atoms with Gasteiger partial charge in [0.1, 0.15) is 0 Å². The number of aliphatic hydroxyl groups excluding tert-OH is 1. The van der Waals surface area contributed by atoms with Crippen LogP contribution in [0.2, 0.25) is 0 Å². The highest BCUT2D eigenvalue weighted by molar-refractivity contribution is 4.81. The van der Waals surface area contributed by atoms with E-state index in [1.807, 2.05) is 0 Å². The summed E-state index contributed by atoms with van der Waals surface area (Å²) in [5.41, 5.74) is 5.45. The smallest absolute Gasteiger partial charge is 0.0789 e. The van der Waals surface area contributed by atoms with Gasteiger partial charge in [0.25, 0.3) is 0 Å². The Morgan fingerprint density at radius 2 is 1.71 bits per heavy atom. The van der Waals surface area contributed by atoms with Crippen LogP contribution in [0.5, 0.6) is 0 Å². The molecule has 0 spiro atoms. The van der Waals surface area contributed by atoms with E-state index < -0.39 is 0 Å². The molecule has 0 bridgehead atoms. The van der Waals surface area contributed by atoms with Crippen molar-refractivity contribution in [2.24, 2.45) is 5.73 Å². The fraction of sp³-hybridized carbons (Fsp3) is 1.00. The number of hydrogen-bond acceptors (Lipinski definition) is 4. The van der Waals surface area contributed by atoms with Gasteiger partial charge in [0.2, 0.25) is 0 Å². The molecule has 2 aliphatic rings. The van der Waals surface area contributed by atoms with Crippen LogP contribution in [0.3, 0.4) is 0 Å². The lowest BCUT2D eigenvalue weighted by molar-refractivity contribution is 0.0502. The van der Waals surface area contributed by atoms with Crippen molar-refractivity contribution in [2.75, 3.05) is 39.3 Å². The van der Waals surface area contributed by atoms with Crippen molar-refractivity contribution in [3.8, 4) is 0 Å². The molecule has 4 nitrogen and oxygen atoms in total. The summed E-state index contributed by atoms with van der Waals surface area (Å²) in [6, 6.07) is 0.838. The fourth-order valence-electron chi connectivity index (χ4n) is 3.13. The fourth-order valence-corrected chi connectivity index (χ4v) is 3.13. The summed E-state index contributed by atoms with van der Waals surface area (Å²) in [4.78, 5) is 5.00. The van der Waals surface area contributed by atoms with Crippen LogP contribution >= 0.6 is 0 Å². The summed E-state index contributed by atoms with van der Waals surface area (Å²) < 4.78 is 0. The maximum absolute atomic E-state index is 9.54. The molecule has 1 aliphatic carbocycles. The highest BCUT2D eigenvalue weighted by atomic mass is 16.3. The first-order chi connectivity index (χ1) is 8.29. The van der Waals surface area contributed by atoms with Crippen molar-refractivity contribution in [1.82, 2.24) is 9.80 Å². The molecule has 0 aromatic carbocycles. The second kappa shape index (κ2) is 6.69. The lowest BCUT2D eigenvalue weighted by Gasteiger charge is -2.41. The lowest BCUT2D eigenvalue weighted by Crippen LogP contribution is -2.52. The van der Waals surface area contributed by atoms with Gasteiger partial charge in [-0.05, 0) is 12.8 Å². The standard InChI is InChI=1S/C13H27N3O/c14-10-13(17)11-15-6-8-16(9-7-15)12-4-2-1-3-5-12/h12-13,17H,1-11,14H2. The molecular weight excluding hydrogens is 214 g/mol. The molecule has 1 saturated heterocycles. The Kier molecular flexibility index (Phi) is 5.22. The number of rotatable bonds is 4. The minimum absolute atomic E-state index is 0.351. The van der Waals surface area contributed by atoms with Crippen molar-refractivity contribution in [3.63, 3.8) is 0 Å². The SMILES string of the molecule is NCC(O)CN1CCN(C2CCCCC2)CC1. The lowest BCUT2D eigenvalue weighted by atomic mass is 9.94. The molecular formula is C13H27N3O. The number of aliphatic hydroxyl groups is 1. The van der Waals surface area contributed by atoms with Crippen molar-refractivity contribution in [3.05, 3.63) is 0 Å². The van der Waals surface area contributed by atoms with E-state index in [9.17, 15) is 5.11 Å². The zero-order valence-electron chi connectivity index (χ0n) is 10.9. The van der Waals surface area contributed by atoms with E-state index >= 15 is 0 Å². The summed E-state index contributed by atoms with van der Waals surface area (Å²) in [5, 5.41) is 9.54. The third kappa shape index (κ3) is 3.91. The van der Waals surface area contributed by atoms with E-state index in [-0.39, 0.29) is 6.10 Å². The Labute approximate surface area is 105 Å². The van der Waals surface area contributed by atoms with Gasteiger partial charge in [0.15, 0.2) is 0 Å². The molecule has 0 amide bonds. The zero-order valence-corrected chi connectivity index (χ0v) is 10.9. The molecule has 1 unspecified atom stereocenters. The normalized spacial score (nSPS) is 27.2. The molecule has 0 aromatic heterocycles. The van der Waals surface area contributed by atoms with Crippen LogP contribution in [0.4, 0.5) is 0 Å². The molecule has 2 rings (SSSR count). The second-order valence-corrected chi connectivity index (χ2v) is 5.52. The number of nitrogens with two attached hydrogens (primary N) is 1. The third-order valence-electron chi connectivity index (χ3n) is 4.24. The molecule has 1 heterocycles. The minimum Gasteiger partial charge on any atom is -0.390 e. The Morgan fingerprint density at radius 1 is 1.06 bits per heavy atom. The van der Waals surface area contributed by atoms with Gasteiger partial charge in [0, 0.05) is 45.3 Å². The first kappa shape index (κ1) is 13.3. The van der Waals surface area contributed by atoms with Gasteiger partial charge in [-0.15, -0.1) is 0 Å². The van der Waals surface area contributed by atoms with Crippen LogP contribution in [0.25, 0.3) is 0 Å². The quantitative estimate of drug-likeness (QED) is 0.741. The maximum atomic E-state index is 9.54. The Balaban J connectivity index is 1.70. The molecule has 1 atom stereocenters. The Morgan fingerprint density at radius 3 is 2.29 bits per heavy atom. The Hall–Kier alpha value is -0.160. The van der Waals surface area contributed by atoms with E-state index in [4.69, 9.17) is 5.73 Å². The first-order valence-electron chi connectivity index (χ1n) is 7.14. The molecule has 2 fully saturated rings. The molecule has 0 radical (unpaired) electrons. The van der Waals surface area contributed by atoms with E-state index in [1.54, 1.807) is 0 Å². The minimum atomic E-state index is -0.351. The predicted molar refractivity (Wildman–Crippen MR) is 69.9 cm³/mol. The molecule has 100 valence electrons. The Bertz CT molecular complexity index is 211. The van der Waals surface area contributed by atoms with E-state index in [1.165, 1.54) is 45.2 Å². The first-order valence-corrected chi connectivity index (χ1v) is 7.14. The van der Waals surface area contributed by atoms with Crippen LogP contribution in [0.1, 0.15) is 32.1 Å². The summed E-state index contributed by atoms with van der Waals surface area (Å²) in [6.07, 6.45) is 6.69. The van der Waals surface area contributed by atoms with Crippen molar-refractivity contribution in [1.29, 1.82) is 0 Å². The number of hydrogen-bond donors (Lipinski definition) is 2. The van der Waals surface area contributed by atoms with Gasteiger partial charge in [-0.3, -0.25) is 9.80 Å². The highest BCUT2D eigenvalue weighted by Gasteiger charge is 2.25. The number of β-amino-alcohol motifs (C(OH)–C–C–N with tert-alkyl or cyclic N) is 1. The van der Waals surface area contributed by atoms with E-state index in [0.717, 1.165) is 25.7 Å². The van der Waals surface area contributed by atoms with Crippen LogP contribution < -0.4 is 5.73 Å². The monoisotopic (exact) mass is 241 g/mol. The van der Waals surface area contributed by atoms with Crippen LogP contribution in [0, 0.1) is 0 Å². The van der Waals surface area contributed by atoms with Crippen molar-refractivity contribution < 1.29 is 5.11 Å². The average Bonchev–Trinajstić information content (AvgIpc) is 2.40. The number of piperazine rings is 1. The van der Waals surface area contributed by atoms with E-state index in [0.29, 0.717) is 6.54 Å². The van der Waals surface area contributed by atoms with Crippen LogP contribution in [0.15, 0.2) is 0 Å². The maximum Gasteiger partial charge on any atom is 0.0789 e. The molecule has 4 heteroatoms. The molecule has 3 N–H and O–H groups in total. The highest BCUT2D eigenvalue weighted by Crippen LogP contribution is 2.23.